The van der Waals surface area contributed by atoms with Gasteiger partial charge < -0.3 is 49.9 Å². The van der Waals surface area contributed by atoms with Gasteiger partial charge in [0.1, 0.15) is 24.1 Å². The van der Waals surface area contributed by atoms with E-state index in [-0.39, 0.29) is 5.82 Å². The Morgan fingerprint density at radius 2 is 2.07 bits per heavy atom. The molecule has 0 aromatic carbocycles. The van der Waals surface area contributed by atoms with Crippen molar-refractivity contribution in [2.45, 2.75) is 37.0 Å². The number of hydrogen-bond acceptors (Lipinski definition) is 13. The van der Waals surface area contributed by atoms with E-state index in [1.54, 1.807) is 0 Å². The molecule has 0 radical (unpaired) electrons. The highest BCUT2D eigenvalue weighted by molar-refractivity contribution is 7.49. The number of carboxylic acid groups (broad SMARTS) is 2. The Morgan fingerprint density at radius 1 is 1.41 bits per heavy atom. The van der Waals surface area contributed by atoms with Gasteiger partial charge in [0, 0.05) is 18.6 Å². The summed E-state index contributed by atoms with van der Waals surface area (Å²) in [5, 5.41) is 42.8. The van der Waals surface area contributed by atoms with Gasteiger partial charge in [0.25, 0.3) is 0 Å². The van der Waals surface area contributed by atoms with Crippen molar-refractivity contribution >= 4 is 25.5 Å². The highest BCUT2D eigenvalue weighted by Crippen LogP contribution is 2.36. The van der Waals surface area contributed by atoms with E-state index < -0.39 is 69.0 Å². The van der Waals surface area contributed by atoms with Gasteiger partial charge in [-0.3, -0.25) is 9.13 Å². The molecule has 29 heavy (non-hydrogen) atoms. The number of carbonyl (C=O) groups excluding carboxylic acids is 2. The van der Waals surface area contributed by atoms with Crippen molar-refractivity contribution in [3.63, 3.8) is 0 Å². The Morgan fingerprint density at radius 3 is 2.62 bits per heavy atom. The van der Waals surface area contributed by atoms with Crippen LogP contribution >= 0.6 is 7.75 Å². The van der Waals surface area contributed by atoms with Gasteiger partial charge in [0.15, 0.2) is 6.23 Å². The minimum atomic E-state index is -5.15. The molecule has 1 aliphatic heterocycles. The van der Waals surface area contributed by atoms with Gasteiger partial charge in [-0.15, -0.1) is 0 Å². The van der Waals surface area contributed by atoms with E-state index >= 15 is 0 Å². The maximum atomic E-state index is 11.8. The summed E-state index contributed by atoms with van der Waals surface area (Å²) in [5.74, 6) is -3.98. The van der Waals surface area contributed by atoms with Gasteiger partial charge in [0.2, 0.25) is 7.75 Å². The molecule has 1 aliphatic rings. The summed E-state index contributed by atoms with van der Waals surface area (Å²) in [6, 6.07) is -0.934. The third kappa shape index (κ3) is 5.80. The number of carboxylic acids is 2. The van der Waals surface area contributed by atoms with Crippen molar-refractivity contribution < 1.29 is 48.7 Å². The second kappa shape index (κ2) is 8.96. The first kappa shape index (κ1) is 22.9. The van der Waals surface area contributed by atoms with E-state index in [4.69, 9.17) is 10.5 Å². The van der Waals surface area contributed by atoms with Gasteiger partial charge >= 0.3 is 5.69 Å². The number of hydrogen-bond donors (Lipinski definition) is 4. The van der Waals surface area contributed by atoms with Crippen LogP contribution < -0.4 is 31.6 Å². The molecule has 2 rings (SSSR count). The van der Waals surface area contributed by atoms with Gasteiger partial charge in [-0.25, -0.2) is 9.88 Å². The molecule has 1 saturated heterocycles. The number of aliphatic hydroxyl groups is 2. The molecule has 162 valence electrons. The predicted octanol–water partition coefficient (Wildman–Crippen LogP) is -6.22. The number of aliphatic hydroxyl groups excluding tert-OH is 2. The number of rotatable bonds is 9. The summed E-state index contributed by atoms with van der Waals surface area (Å²) >= 11 is 0. The number of nitrogens with two attached hydrogens (primary N) is 1. The van der Waals surface area contributed by atoms with Crippen molar-refractivity contribution in [3.8, 4) is 0 Å². The summed E-state index contributed by atoms with van der Waals surface area (Å²) in [6.07, 6.45) is -6.32. The Kier molecular flexibility index (Phi) is 7.07. The monoisotopic (exact) mass is 435 g/mol. The first-order valence-electron chi connectivity index (χ1n) is 7.91. The zero-order valence-electron chi connectivity index (χ0n) is 14.4. The van der Waals surface area contributed by atoms with Crippen molar-refractivity contribution in [2.75, 3.05) is 12.3 Å². The maximum Gasteiger partial charge on any atom is 0.351 e. The third-order valence-electron chi connectivity index (χ3n) is 3.84. The number of nitrogen functional groups attached to an aromatic ring is 1. The maximum absolute atomic E-state index is 11.8. The highest BCUT2D eigenvalue weighted by atomic mass is 31.2. The number of carbonyl (C=O) groups is 2. The largest absolute Gasteiger partial charge is 0.766 e. The van der Waals surface area contributed by atoms with Gasteiger partial charge in [0.05, 0.1) is 18.6 Å². The predicted molar refractivity (Wildman–Crippen MR) is 83.9 cm³/mol. The van der Waals surface area contributed by atoms with Crippen molar-refractivity contribution in [1.29, 1.82) is 0 Å². The van der Waals surface area contributed by atoms with Crippen LogP contribution in [0.4, 0.5) is 5.82 Å². The number of aliphatic carboxylic acids is 2. The normalized spacial score (nSPS) is 27.3. The summed E-state index contributed by atoms with van der Waals surface area (Å²) in [4.78, 5) is 48.3. The molecule has 0 saturated carbocycles. The quantitative estimate of drug-likeness (QED) is 0.263. The van der Waals surface area contributed by atoms with Crippen LogP contribution in [0.2, 0.25) is 0 Å². The molecule has 5 unspecified atom stereocenters. The van der Waals surface area contributed by atoms with Gasteiger partial charge in [-0.1, -0.05) is 0 Å². The minimum Gasteiger partial charge on any atom is -0.766 e. The Hall–Kier alpha value is -2.39. The van der Waals surface area contributed by atoms with E-state index in [1.165, 1.54) is 11.2 Å². The Labute approximate surface area is 161 Å². The number of nitrogens with zero attached hydrogens (tertiary/aromatic N) is 2. The lowest BCUT2D eigenvalue weighted by atomic mass is 10.1. The van der Waals surface area contributed by atoms with E-state index in [1.807, 2.05) is 0 Å². The standard InChI is InChI=1S/C13H19N4O11P/c14-7-1-2-17(13(24)15-7)11-10(21)9(20)6(28-11)4-27-29(25,26)16-5(12(22)23)3-8(18)19/h1-2,5-6,9-11,20-21H,3-4H2,(H,18,19)(H,22,23)(H2,14,15,24)(H2,16,25,26)/p-3/t5-,6?,9?,10?,11?/m0/s1. The number of ether oxygens (including phenoxy) is 1. The second-order valence-electron chi connectivity index (χ2n) is 5.96. The zero-order chi connectivity index (χ0) is 21.9. The number of anilines is 1. The molecule has 1 aromatic rings. The van der Waals surface area contributed by atoms with Crippen LogP contribution in [-0.4, -0.2) is 62.7 Å². The molecule has 1 fully saturated rings. The summed E-state index contributed by atoms with van der Waals surface area (Å²) < 4.78 is 22.4. The lowest BCUT2D eigenvalue weighted by Gasteiger charge is -2.31. The molecule has 0 spiro atoms. The molecule has 15 nitrogen and oxygen atoms in total. The SMILES string of the molecule is Nc1ccn(C2OC(COP(=O)([O-])N[C@@H](CC(=O)[O-])C(=O)[O-])C(O)C2O)c(=O)n1. The van der Waals surface area contributed by atoms with Crippen LogP contribution in [0.3, 0.4) is 0 Å². The zero-order valence-corrected chi connectivity index (χ0v) is 15.3. The smallest absolute Gasteiger partial charge is 0.351 e. The van der Waals surface area contributed by atoms with Crippen LogP contribution in [0, 0.1) is 0 Å². The highest BCUT2D eigenvalue weighted by Gasteiger charge is 2.44. The second-order valence-corrected chi connectivity index (χ2v) is 7.47. The average molecular weight is 435 g/mol. The van der Waals surface area contributed by atoms with E-state index in [2.05, 4.69) is 9.51 Å². The third-order valence-corrected chi connectivity index (χ3v) is 4.96. The fourth-order valence-corrected chi connectivity index (χ4v) is 3.46. The summed E-state index contributed by atoms with van der Waals surface area (Å²) in [5.41, 5.74) is 4.44. The Balaban J connectivity index is 2.04. The molecule has 1 aromatic heterocycles. The average Bonchev–Trinajstić information content (AvgIpc) is 2.87. The van der Waals surface area contributed by atoms with E-state index in [0.717, 1.165) is 10.8 Å². The van der Waals surface area contributed by atoms with E-state index in [0.29, 0.717) is 0 Å². The van der Waals surface area contributed by atoms with E-state index in [9.17, 15) is 44.3 Å². The summed E-state index contributed by atoms with van der Waals surface area (Å²) in [7, 11) is -5.15. The molecule has 0 amide bonds. The molecule has 0 bridgehead atoms. The van der Waals surface area contributed by atoms with Crippen LogP contribution in [0.15, 0.2) is 17.1 Å². The number of nitrogens with one attached hydrogen (secondary N) is 1. The van der Waals surface area contributed by atoms with Gasteiger partial charge in [-0.2, -0.15) is 4.98 Å². The lowest BCUT2D eigenvalue weighted by Crippen LogP contribution is -2.49. The molecule has 5 N–H and O–H groups in total. The molecular weight excluding hydrogens is 419 g/mol. The van der Waals surface area contributed by atoms with Crippen molar-refractivity contribution in [1.82, 2.24) is 14.6 Å². The fourth-order valence-electron chi connectivity index (χ4n) is 2.46. The Bertz CT molecular complexity index is 877. The van der Waals surface area contributed by atoms with Crippen LogP contribution in [0.1, 0.15) is 12.6 Å². The fraction of sp³-hybridized carbons (Fsp3) is 0.538. The van der Waals surface area contributed by atoms with Crippen LogP contribution in [-0.2, 0) is 23.4 Å². The van der Waals surface area contributed by atoms with Crippen molar-refractivity contribution in [2.24, 2.45) is 0 Å². The van der Waals surface area contributed by atoms with Gasteiger partial charge in [-0.05, 0) is 6.07 Å². The molecule has 6 atom stereocenters. The minimum absolute atomic E-state index is 0.100. The first-order chi connectivity index (χ1) is 13.4. The molecule has 16 heteroatoms. The molecule has 0 aliphatic carbocycles. The number of aromatic nitrogens is 2. The first-order valence-corrected chi connectivity index (χ1v) is 9.46. The van der Waals surface area contributed by atoms with Crippen LogP contribution in [0.25, 0.3) is 0 Å². The lowest BCUT2D eigenvalue weighted by molar-refractivity contribution is -0.317. The molecule has 2 heterocycles. The topological polar surface area (TPSA) is 252 Å². The van der Waals surface area contributed by atoms with Crippen LogP contribution in [0.5, 0.6) is 0 Å². The molecular formula is C13H16N4O11P-3. The van der Waals surface area contributed by atoms with Crippen molar-refractivity contribution in [3.05, 3.63) is 22.7 Å². The summed E-state index contributed by atoms with van der Waals surface area (Å²) in [6.45, 7) is -0.898.